The van der Waals surface area contributed by atoms with Crippen LogP contribution in [0.4, 0.5) is 18.9 Å². The number of nitrogens with one attached hydrogen (secondary N) is 1. The average Bonchev–Trinajstić information content (AvgIpc) is 2.27. The molecule has 0 radical (unpaired) electrons. The van der Waals surface area contributed by atoms with Crippen LogP contribution in [0.3, 0.4) is 0 Å². The molecule has 0 fully saturated rings. The Kier molecular flexibility index (Phi) is 5.32. The molecule has 3 nitrogen and oxygen atoms in total. The quantitative estimate of drug-likeness (QED) is 0.882. The van der Waals surface area contributed by atoms with Gasteiger partial charge in [0.2, 0.25) is 10.0 Å². The van der Waals surface area contributed by atoms with Gasteiger partial charge in [0.1, 0.15) is 0 Å². The molecule has 1 aromatic carbocycles. The number of benzene rings is 1. The number of alkyl halides is 3. The van der Waals surface area contributed by atoms with Crippen LogP contribution in [0.5, 0.6) is 0 Å². The van der Waals surface area contributed by atoms with Crippen LogP contribution in [0.2, 0.25) is 5.02 Å². The van der Waals surface area contributed by atoms with E-state index in [0.717, 1.165) is 6.07 Å². The third kappa shape index (κ3) is 5.20. The Morgan fingerprint density at radius 2 is 1.90 bits per heavy atom. The minimum atomic E-state index is -4.63. The Balaban J connectivity index is 2.94. The zero-order valence-corrected chi connectivity index (χ0v) is 12.5. The molecule has 20 heavy (non-hydrogen) atoms. The molecule has 1 rings (SSSR count). The Hall–Kier alpha value is -0.950. The maximum Gasteiger partial charge on any atom is 0.417 e. The molecule has 0 saturated heterocycles. The molecule has 0 atom stereocenters. The average molecular weight is 330 g/mol. The minimum Gasteiger partial charge on any atom is -0.284 e. The van der Waals surface area contributed by atoms with Crippen molar-refractivity contribution < 1.29 is 21.6 Å². The van der Waals surface area contributed by atoms with E-state index in [1.54, 1.807) is 0 Å². The lowest BCUT2D eigenvalue weighted by atomic mass is 10.2. The number of anilines is 1. The first-order valence-electron chi connectivity index (χ1n) is 5.88. The number of hydrogen-bond donors (Lipinski definition) is 1. The van der Waals surface area contributed by atoms with Crippen LogP contribution in [0.25, 0.3) is 0 Å². The van der Waals surface area contributed by atoms with E-state index in [4.69, 9.17) is 11.6 Å². The largest absolute Gasteiger partial charge is 0.417 e. The van der Waals surface area contributed by atoms with Crippen molar-refractivity contribution in [1.29, 1.82) is 0 Å². The summed E-state index contributed by atoms with van der Waals surface area (Å²) in [5.41, 5.74) is -1.21. The van der Waals surface area contributed by atoms with E-state index in [0.29, 0.717) is 12.5 Å². The van der Waals surface area contributed by atoms with E-state index < -0.39 is 26.8 Å². The normalized spacial score (nSPS) is 12.8. The minimum absolute atomic E-state index is 0.144. The molecule has 0 heterocycles. The second kappa shape index (κ2) is 6.22. The van der Waals surface area contributed by atoms with E-state index in [2.05, 4.69) is 4.72 Å². The van der Waals surface area contributed by atoms with Gasteiger partial charge in [0, 0.05) is 5.69 Å². The zero-order valence-electron chi connectivity index (χ0n) is 11.0. The van der Waals surface area contributed by atoms with Gasteiger partial charge in [-0.15, -0.1) is 0 Å². The molecule has 0 amide bonds. The van der Waals surface area contributed by atoms with Crippen molar-refractivity contribution >= 4 is 27.3 Å². The number of hydrogen-bond acceptors (Lipinski definition) is 2. The Bertz CT molecular complexity index is 571. The van der Waals surface area contributed by atoms with Gasteiger partial charge in [0.15, 0.2) is 0 Å². The standard InChI is InChI=1S/C12H15ClF3NO2S/c1-8(2)5-6-20(18,19)17-9-3-4-11(13)10(7-9)12(14,15)16/h3-4,7-8,17H,5-6H2,1-2H3. The summed E-state index contributed by atoms with van der Waals surface area (Å²) >= 11 is 5.46. The summed E-state index contributed by atoms with van der Waals surface area (Å²) in [7, 11) is -3.67. The summed E-state index contributed by atoms with van der Waals surface area (Å²) < 4.78 is 63.5. The summed E-state index contributed by atoms with van der Waals surface area (Å²) in [6.45, 7) is 3.72. The van der Waals surface area contributed by atoms with E-state index in [1.807, 2.05) is 13.8 Å². The Labute approximate surface area is 121 Å². The predicted octanol–water partition coefficient (Wildman–Crippen LogP) is 4.15. The molecule has 0 saturated carbocycles. The first-order valence-corrected chi connectivity index (χ1v) is 7.91. The molecule has 8 heteroatoms. The first-order chi connectivity index (χ1) is 9.01. The molecule has 114 valence electrons. The van der Waals surface area contributed by atoms with Crippen molar-refractivity contribution in [3.63, 3.8) is 0 Å². The monoisotopic (exact) mass is 329 g/mol. The maximum atomic E-state index is 12.7. The lowest BCUT2D eigenvalue weighted by Gasteiger charge is -2.13. The van der Waals surface area contributed by atoms with Crippen LogP contribution < -0.4 is 4.72 Å². The SMILES string of the molecule is CC(C)CCS(=O)(=O)Nc1ccc(Cl)c(C(F)(F)F)c1. The third-order valence-corrected chi connectivity index (χ3v) is 4.16. The van der Waals surface area contributed by atoms with Gasteiger partial charge >= 0.3 is 6.18 Å². The van der Waals surface area contributed by atoms with E-state index in [-0.39, 0.29) is 17.4 Å². The van der Waals surface area contributed by atoms with Gasteiger partial charge in [0.05, 0.1) is 16.3 Å². The van der Waals surface area contributed by atoms with Crippen molar-refractivity contribution in [2.45, 2.75) is 26.4 Å². The fraction of sp³-hybridized carbons (Fsp3) is 0.500. The third-order valence-electron chi connectivity index (χ3n) is 2.51. The molecule has 0 aliphatic carbocycles. The van der Waals surface area contributed by atoms with E-state index in [9.17, 15) is 21.6 Å². The molecular weight excluding hydrogens is 315 g/mol. The fourth-order valence-electron chi connectivity index (χ4n) is 1.43. The van der Waals surface area contributed by atoms with Crippen molar-refractivity contribution in [2.75, 3.05) is 10.5 Å². The molecule has 0 bridgehead atoms. The van der Waals surface area contributed by atoms with Gasteiger partial charge in [-0.05, 0) is 30.5 Å². The first kappa shape index (κ1) is 17.1. The van der Waals surface area contributed by atoms with Crippen LogP contribution in [-0.4, -0.2) is 14.2 Å². The van der Waals surface area contributed by atoms with E-state index >= 15 is 0 Å². The summed E-state index contributed by atoms with van der Waals surface area (Å²) in [5.74, 6) is 0.0387. The highest BCUT2D eigenvalue weighted by atomic mass is 35.5. The lowest BCUT2D eigenvalue weighted by molar-refractivity contribution is -0.137. The molecule has 1 N–H and O–H groups in total. The van der Waals surface area contributed by atoms with Gasteiger partial charge in [0.25, 0.3) is 0 Å². The zero-order chi connectivity index (χ0) is 15.6. The summed E-state index contributed by atoms with van der Waals surface area (Å²) in [4.78, 5) is 0. The Morgan fingerprint density at radius 3 is 2.40 bits per heavy atom. The van der Waals surface area contributed by atoms with Crippen LogP contribution in [0.1, 0.15) is 25.8 Å². The molecule has 0 unspecified atom stereocenters. The van der Waals surface area contributed by atoms with Gasteiger partial charge < -0.3 is 0 Å². The van der Waals surface area contributed by atoms with Crippen molar-refractivity contribution in [3.8, 4) is 0 Å². The van der Waals surface area contributed by atoms with Crippen LogP contribution in [-0.2, 0) is 16.2 Å². The molecular formula is C12H15ClF3NO2S. The van der Waals surface area contributed by atoms with Gasteiger partial charge in [-0.3, -0.25) is 4.72 Å². The van der Waals surface area contributed by atoms with Crippen LogP contribution in [0.15, 0.2) is 18.2 Å². The maximum absolute atomic E-state index is 12.7. The number of rotatable bonds is 5. The van der Waals surface area contributed by atoms with Crippen LogP contribution >= 0.6 is 11.6 Å². The van der Waals surface area contributed by atoms with Crippen molar-refractivity contribution in [3.05, 3.63) is 28.8 Å². The topological polar surface area (TPSA) is 46.2 Å². The number of halogens is 4. The highest BCUT2D eigenvalue weighted by Gasteiger charge is 2.33. The smallest absolute Gasteiger partial charge is 0.284 e. The Morgan fingerprint density at radius 1 is 1.30 bits per heavy atom. The molecule has 0 spiro atoms. The van der Waals surface area contributed by atoms with Crippen molar-refractivity contribution in [1.82, 2.24) is 0 Å². The second-order valence-electron chi connectivity index (χ2n) is 4.80. The number of sulfonamides is 1. The summed E-state index contributed by atoms with van der Waals surface area (Å²) in [6.07, 6.45) is -4.20. The molecule has 0 aromatic heterocycles. The highest BCUT2D eigenvalue weighted by Crippen LogP contribution is 2.36. The van der Waals surface area contributed by atoms with Gasteiger partial charge in [-0.1, -0.05) is 25.4 Å². The predicted molar refractivity (Wildman–Crippen MR) is 73.3 cm³/mol. The molecule has 0 aliphatic heterocycles. The van der Waals surface area contributed by atoms with Gasteiger partial charge in [-0.2, -0.15) is 13.2 Å². The second-order valence-corrected chi connectivity index (χ2v) is 7.04. The van der Waals surface area contributed by atoms with Crippen LogP contribution in [0, 0.1) is 5.92 Å². The molecule has 1 aromatic rings. The van der Waals surface area contributed by atoms with E-state index in [1.165, 1.54) is 6.07 Å². The lowest BCUT2D eigenvalue weighted by Crippen LogP contribution is -2.18. The fourth-order valence-corrected chi connectivity index (χ4v) is 3.02. The highest BCUT2D eigenvalue weighted by molar-refractivity contribution is 7.92. The van der Waals surface area contributed by atoms with Gasteiger partial charge in [-0.25, -0.2) is 8.42 Å². The summed E-state index contributed by atoms with van der Waals surface area (Å²) in [5, 5.41) is -0.470. The molecule has 0 aliphatic rings. The van der Waals surface area contributed by atoms with Crippen molar-refractivity contribution in [2.24, 2.45) is 5.92 Å². The summed E-state index contributed by atoms with van der Waals surface area (Å²) in [6, 6.07) is 2.91.